The fraction of sp³-hybridized carbons (Fsp3) is 0.579. The molecule has 2 aliphatic rings. The molecule has 0 saturated carbocycles. The highest BCUT2D eigenvalue weighted by Crippen LogP contribution is 2.27. The van der Waals surface area contributed by atoms with Gasteiger partial charge in [-0.25, -0.2) is 4.98 Å². The number of aromatic nitrogens is 2. The highest BCUT2D eigenvalue weighted by molar-refractivity contribution is 5.28. The van der Waals surface area contributed by atoms with Crippen molar-refractivity contribution in [3.8, 4) is 5.88 Å². The Hall–Kier alpha value is -1.96. The van der Waals surface area contributed by atoms with E-state index < -0.39 is 0 Å². The Bertz CT molecular complexity index is 748. The third-order valence-corrected chi connectivity index (χ3v) is 5.37. The maximum absolute atomic E-state index is 9.72. The summed E-state index contributed by atoms with van der Waals surface area (Å²) in [6, 6.07) is 4.35. The minimum absolute atomic E-state index is 0.207. The smallest absolute Gasteiger partial charge is 0.217 e. The molecule has 2 N–H and O–H groups in total. The average molecular weight is 358 g/mol. The van der Waals surface area contributed by atoms with Crippen molar-refractivity contribution in [2.45, 2.75) is 50.9 Å². The lowest BCUT2D eigenvalue weighted by atomic mass is 9.92. The summed E-state index contributed by atoms with van der Waals surface area (Å²) in [5.41, 5.74) is 3.34. The fourth-order valence-corrected chi connectivity index (χ4v) is 3.93. The predicted octanol–water partition coefficient (Wildman–Crippen LogP) is 1.29. The number of β-amino-alcohol motifs (C(OH)–C–C–N with tert-alkyl or cyclic N) is 1. The molecule has 0 bridgehead atoms. The Morgan fingerprint density at radius 1 is 1.42 bits per heavy atom. The average Bonchev–Trinajstić information content (AvgIpc) is 3.26. The lowest BCUT2D eigenvalue weighted by molar-refractivity contribution is 0.173. The number of rotatable bonds is 6. The van der Waals surface area contributed by atoms with Crippen LogP contribution < -0.4 is 10.1 Å². The molecule has 7 nitrogen and oxygen atoms in total. The van der Waals surface area contributed by atoms with E-state index in [0.29, 0.717) is 11.9 Å². The van der Waals surface area contributed by atoms with Crippen LogP contribution in [0.2, 0.25) is 0 Å². The van der Waals surface area contributed by atoms with Crippen molar-refractivity contribution in [2.75, 3.05) is 20.2 Å². The van der Waals surface area contributed by atoms with Crippen LogP contribution in [-0.4, -0.2) is 52.5 Å². The summed E-state index contributed by atoms with van der Waals surface area (Å²) in [6.07, 6.45) is 5.25. The molecule has 0 amide bonds. The lowest BCUT2D eigenvalue weighted by Gasteiger charge is -2.23. The molecule has 4 rings (SSSR count). The summed E-state index contributed by atoms with van der Waals surface area (Å²) >= 11 is 0. The number of likely N-dealkylation sites (tertiary alicyclic amines) is 1. The number of aliphatic hydroxyl groups excluding tert-OH is 1. The zero-order chi connectivity index (χ0) is 17.9. The zero-order valence-electron chi connectivity index (χ0n) is 15.1. The Balaban J connectivity index is 1.38. The molecule has 1 aliphatic carbocycles. The van der Waals surface area contributed by atoms with E-state index >= 15 is 0 Å². The van der Waals surface area contributed by atoms with E-state index in [4.69, 9.17) is 9.26 Å². The fourth-order valence-electron chi connectivity index (χ4n) is 3.93. The summed E-state index contributed by atoms with van der Waals surface area (Å²) in [6.45, 7) is 3.14. The first-order valence-corrected chi connectivity index (χ1v) is 9.31. The van der Waals surface area contributed by atoms with Gasteiger partial charge in [0.1, 0.15) is 11.5 Å². The molecule has 0 aromatic carbocycles. The lowest BCUT2D eigenvalue weighted by Crippen LogP contribution is -2.34. The van der Waals surface area contributed by atoms with E-state index in [1.165, 1.54) is 5.56 Å². The first-order valence-electron chi connectivity index (χ1n) is 9.31. The van der Waals surface area contributed by atoms with Gasteiger partial charge in [-0.3, -0.25) is 4.90 Å². The number of ether oxygens (including phenoxy) is 1. The van der Waals surface area contributed by atoms with Crippen molar-refractivity contribution in [3.05, 3.63) is 40.9 Å². The van der Waals surface area contributed by atoms with Crippen LogP contribution in [0.1, 0.15) is 35.4 Å². The van der Waals surface area contributed by atoms with Crippen molar-refractivity contribution in [1.82, 2.24) is 20.4 Å². The minimum Gasteiger partial charge on any atom is -0.481 e. The summed E-state index contributed by atoms with van der Waals surface area (Å²) < 4.78 is 10.9. The molecule has 3 heterocycles. The Morgan fingerprint density at radius 2 is 2.35 bits per heavy atom. The van der Waals surface area contributed by atoms with Crippen LogP contribution in [0.3, 0.4) is 0 Å². The Morgan fingerprint density at radius 3 is 3.15 bits per heavy atom. The van der Waals surface area contributed by atoms with Crippen LogP contribution in [0.25, 0.3) is 0 Å². The zero-order valence-corrected chi connectivity index (χ0v) is 15.1. The number of aliphatic hydroxyl groups is 1. The van der Waals surface area contributed by atoms with Gasteiger partial charge in [0, 0.05) is 56.0 Å². The second-order valence-electron chi connectivity index (χ2n) is 7.20. The number of hydrogen-bond donors (Lipinski definition) is 2. The summed E-state index contributed by atoms with van der Waals surface area (Å²) in [5.74, 6) is 1.70. The second-order valence-corrected chi connectivity index (χ2v) is 7.20. The first-order chi connectivity index (χ1) is 12.7. The van der Waals surface area contributed by atoms with Gasteiger partial charge in [-0.15, -0.1) is 0 Å². The van der Waals surface area contributed by atoms with Gasteiger partial charge in [0.2, 0.25) is 5.88 Å². The van der Waals surface area contributed by atoms with Crippen molar-refractivity contribution in [3.63, 3.8) is 0 Å². The van der Waals surface area contributed by atoms with Crippen molar-refractivity contribution < 1.29 is 14.4 Å². The number of hydrogen-bond acceptors (Lipinski definition) is 7. The van der Waals surface area contributed by atoms with Crippen LogP contribution in [0.4, 0.5) is 0 Å². The molecule has 2 atom stereocenters. The van der Waals surface area contributed by atoms with Crippen LogP contribution in [-0.2, 0) is 25.9 Å². The predicted molar refractivity (Wildman–Crippen MR) is 95.8 cm³/mol. The topological polar surface area (TPSA) is 83.7 Å². The van der Waals surface area contributed by atoms with Gasteiger partial charge in [-0.1, -0.05) is 11.2 Å². The quantitative estimate of drug-likeness (QED) is 0.805. The molecule has 0 spiro atoms. The SMILES string of the molecule is COc1ncccc1CNC1CCc2onc(CN3CC[C@@H](O)C3)c2C1. The van der Waals surface area contributed by atoms with E-state index in [0.717, 1.165) is 68.9 Å². The number of nitrogens with zero attached hydrogens (tertiary/aromatic N) is 3. The molecule has 2 aromatic heterocycles. The van der Waals surface area contributed by atoms with Crippen molar-refractivity contribution in [2.24, 2.45) is 0 Å². The molecule has 1 unspecified atom stereocenters. The summed E-state index contributed by atoms with van der Waals surface area (Å²) in [5, 5.41) is 17.7. The van der Waals surface area contributed by atoms with Crippen LogP contribution in [0.5, 0.6) is 5.88 Å². The molecule has 7 heteroatoms. The third-order valence-electron chi connectivity index (χ3n) is 5.37. The number of methoxy groups -OCH3 is 1. The minimum atomic E-state index is -0.207. The Kier molecular flexibility index (Phi) is 5.19. The number of nitrogens with one attached hydrogen (secondary N) is 1. The monoisotopic (exact) mass is 358 g/mol. The van der Waals surface area contributed by atoms with Gasteiger partial charge in [0.25, 0.3) is 0 Å². The number of aryl methyl sites for hydroxylation is 1. The summed E-state index contributed by atoms with van der Waals surface area (Å²) in [4.78, 5) is 6.50. The summed E-state index contributed by atoms with van der Waals surface area (Å²) in [7, 11) is 1.65. The van der Waals surface area contributed by atoms with E-state index in [-0.39, 0.29) is 6.10 Å². The van der Waals surface area contributed by atoms with Gasteiger partial charge in [0.15, 0.2) is 0 Å². The normalized spacial score (nSPS) is 23.2. The van der Waals surface area contributed by atoms with E-state index in [2.05, 4.69) is 20.4 Å². The standard InChI is InChI=1S/C19H26N4O3/c1-25-19-13(3-2-7-20-19)10-21-14-4-5-18-16(9-14)17(22-26-18)12-23-8-6-15(24)11-23/h2-3,7,14-15,21,24H,4-6,8-12H2,1H3/t14?,15-/m1/s1. The third kappa shape index (κ3) is 3.75. The molecular formula is C19H26N4O3. The van der Waals surface area contributed by atoms with E-state index in [1.807, 2.05) is 12.1 Å². The van der Waals surface area contributed by atoms with Gasteiger partial charge in [0.05, 0.1) is 13.2 Å². The largest absolute Gasteiger partial charge is 0.481 e. The molecule has 2 aromatic rings. The van der Waals surface area contributed by atoms with Gasteiger partial charge < -0.3 is 19.7 Å². The number of pyridine rings is 1. The van der Waals surface area contributed by atoms with Gasteiger partial charge in [-0.2, -0.15) is 0 Å². The maximum atomic E-state index is 9.72. The second kappa shape index (κ2) is 7.73. The Labute approximate surface area is 153 Å². The first kappa shape index (κ1) is 17.5. The van der Waals surface area contributed by atoms with Crippen molar-refractivity contribution in [1.29, 1.82) is 0 Å². The molecule has 1 saturated heterocycles. The highest BCUT2D eigenvalue weighted by atomic mass is 16.5. The van der Waals surface area contributed by atoms with E-state index in [1.54, 1.807) is 13.3 Å². The molecule has 26 heavy (non-hydrogen) atoms. The van der Waals surface area contributed by atoms with Gasteiger partial charge >= 0.3 is 0 Å². The molecule has 1 fully saturated rings. The van der Waals surface area contributed by atoms with Crippen molar-refractivity contribution >= 4 is 0 Å². The van der Waals surface area contributed by atoms with Crippen LogP contribution in [0, 0.1) is 0 Å². The molecule has 0 radical (unpaired) electrons. The molecule has 140 valence electrons. The van der Waals surface area contributed by atoms with E-state index in [9.17, 15) is 5.11 Å². The highest BCUT2D eigenvalue weighted by Gasteiger charge is 2.28. The maximum Gasteiger partial charge on any atom is 0.217 e. The molecule has 1 aliphatic heterocycles. The van der Waals surface area contributed by atoms with Crippen LogP contribution >= 0.6 is 0 Å². The number of fused-ring (bicyclic) bond motifs is 1. The van der Waals surface area contributed by atoms with Gasteiger partial charge in [-0.05, 0) is 25.3 Å². The molecular weight excluding hydrogens is 332 g/mol. The van der Waals surface area contributed by atoms with Crippen LogP contribution in [0.15, 0.2) is 22.9 Å².